The molecular weight excluding hydrogens is 451 g/mol. The van der Waals surface area contributed by atoms with Gasteiger partial charge in [0, 0.05) is 36.1 Å². The molecular formula is C22H20ClFN6OS. The van der Waals surface area contributed by atoms with Crippen molar-refractivity contribution in [1.82, 2.24) is 24.5 Å². The fourth-order valence-electron chi connectivity index (χ4n) is 3.25. The third kappa shape index (κ3) is 4.84. The Hall–Kier alpha value is -3.17. The Morgan fingerprint density at radius 2 is 1.97 bits per heavy atom. The number of hydrogen-bond donors (Lipinski definition) is 1. The van der Waals surface area contributed by atoms with E-state index in [0.717, 1.165) is 11.1 Å². The number of amides is 1. The molecule has 1 amide bonds. The quantitative estimate of drug-likeness (QED) is 0.389. The molecule has 0 aliphatic carbocycles. The second-order valence-electron chi connectivity index (χ2n) is 6.97. The number of carbonyl (C=O) groups excluding carboxylic acids is 1. The van der Waals surface area contributed by atoms with Crippen LogP contribution in [0.25, 0.3) is 22.6 Å². The summed E-state index contributed by atoms with van der Waals surface area (Å²) in [6, 6.07) is 13.2. The number of hydrogen-bond acceptors (Lipinski definition) is 5. The molecule has 0 spiro atoms. The molecule has 0 saturated carbocycles. The maximum atomic E-state index is 13.4. The summed E-state index contributed by atoms with van der Waals surface area (Å²) in [7, 11) is 1.82. The lowest BCUT2D eigenvalue weighted by atomic mass is 10.1. The maximum Gasteiger partial charge on any atom is 0.234 e. The van der Waals surface area contributed by atoms with E-state index in [9.17, 15) is 9.18 Å². The lowest BCUT2D eigenvalue weighted by molar-refractivity contribution is -0.113. The molecule has 0 aliphatic heterocycles. The van der Waals surface area contributed by atoms with E-state index < -0.39 is 0 Å². The molecule has 0 radical (unpaired) electrons. The van der Waals surface area contributed by atoms with Gasteiger partial charge in [-0.1, -0.05) is 29.4 Å². The second kappa shape index (κ2) is 9.54. The SMILES string of the molecule is CCn1c(SCC(=O)Nc2cccc(Cl)c2)nnc1-c1cn(C)nc1-c1ccc(F)cc1. The van der Waals surface area contributed by atoms with Crippen molar-refractivity contribution in [2.75, 3.05) is 11.1 Å². The monoisotopic (exact) mass is 470 g/mol. The standard InChI is InChI=1S/C22H20ClFN6OS/c1-3-30-21(18-12-29(2)28-20(18)14-7-9-16(24)10-8-14)26-27-22(30)32-13-19(31)25-17-6-4-5-15(23)11-17/h4-12H,3,13H2,1-2H3,(H,25,31). The highest BCUT2D eigenvalue weighted by Gasteiger charge is 2.20. The maximum absolute atomic E-state index is 13.4. The second-order valence-corrected chi connectivity index (χ2v) is 8.35. The van der Waals surface area contributed by atoms with E-state index >= 15 is 0 Å². The minimum absolute atomic E-state index is 0.169. The molecule has 0 aliphatic rings. The van der Waals surface area contributed by atoms with Gasteiger partial charge in [-0.05, 0) is 49.4 Å². The number of halogens is 2. The average molecular weight is 471 g/mol. The molecule has 2 heterocycles. The Balaban J connectivity index is 1.55. The predicted octanol–water partition coefficient (Wildman–Crippen LogP) is 4.89. The Kier molecular flexibility index (Phi) is 6.57. The van der Waals surface area contributed by atoms with Gasteiger partial charge in [0.05, 0.1) is 11.3 Å². The van der Waals surface area contributed by atoms with Crippen LogP contribution in [0.2, 0.25) is 5.02 Å². The molecule has 0 bridgehead atoms. The summed E-state index contributed by atoms with van der Waals surface area (Å²) in [5.74, 6) is 0.330. The number of aromatic nitrogens is 5. The number of carbonyl (C=O) groups is 1. The molecule has 0 fully saturated rings. The van der Waals surface area contributed by atoms with Gasteiger partial charge in [-0.2, -0.15) is 5.10 Å². The minimum Gasteiger partial charge on any atom is -0.325 e. The normalized spacial score (nSPS) is 11.0. The number of nitrogens with zero attached hydrogens (tertiary/aromatic N) is 5. The fourth-order valence-corrected chi connectivity index (χ4v) is 4.24. The van der Waals surface area contributed by atoms with Crippen molar-refractivity contribution >= 4 is 35.0 Å². The van der Waals surface area contributed by atoms with Crippen molar-refractivity contribution in [2.24, 2.45) is 7.05 Å². The summed E-state index contributed by atoms with van der Waals surface area (Å²) >= 11 is 7.26. The summed E-state index contributed by atoms with van der Waals surface area (Å²) < 4.78 is 17.0. The smallest absolute Gasteiger partial charge is 0.234 e. The number of benzene rings is 2. The largest absolute Gasteiger partial charge is 0.325 e. The van der Waals surface area contributed by atoms with Gasteiger partial charge in [-0.3, -0.25) is 9.48 Å². The highest BCUT2D eigenvalue weighted by Crippen LogP contribution is 2.32. The first kappa shape index (κ1) is 22.0. The highest BCUT2D eigenvalue weighted by molar-refractivity contribution is 7.99. The van der Waals surface area contributed by atoms with E-state index in [4.69, 9.17) is 11.6 Å². The van der Waals surface area contributed by atoms with E-state index in [2.05, 4.69) is 20.6 Å². The third-order valence-corrected chi connectivity index (χ3v) is 5.86. The van der Waals surface area contributed by atoms with Gasteiger partial charge in [-0.15, -0.1) is 10.2 Å². The zero-order valence-corrected chi connectivity index (χ0v) is 19.0. The van der Waals surface area contributed by atoms with E-state index in [1.54, 1.807) is 41.1 Å². The lowest BCUT2D eigenvalue weighted by Crippen LogP contribution is -2.14. The van der Waals surface area contributed by atoms with Crippen LogP contribution in [-0.4, -0.2) is 36.2 Å². The molecule has 0 saturated heterocycles. The summed E-state index contributed by atoms with van der Waals surface area (Å²) in [5.41, 5.74) is 2.89. The molecule has 0 unspecified atom stereocenters. The summed E-state index contributed by atoms with van der Waals surface area (Å²) in [6.07, 6.45) is 1.86. The van der Waals surface area contributed by atoms with Crippen molar-refractivity contribution in [3.05, 3.63) is 65.6 Å². The Labute approximate surface area is 193 Å². The molecule has 164 valence electrons. The lowest BCUT2D eigenvalue weighted by Gasteiger charge is -2.08. The molecule has 32 heavy (non-hydrogen) atoms. The van der Waals surface area contributed by atoms with Gasteiger partial charge in [0.25, 0.3) is 0 Å². The molecule has 7 nitrogen and oxygen atoms in total. The zero-order valence-electron chi connectivity index (χ0n) is 17.4. The summed E-state index contributed by atoms with van der Waals surface area (Å²) in [5, 5.41) is 17.2. The zero-order chi connectivity index (χ0) is 22.7. The van der Waals surface area contributed by atoms with Crippen LogP contribution >= 0.6 is 23.4 Å². The van der Waals surface area contributed by atoms with Crippen LogP contribution < -0.4 is 5.32 Å². The number of aryl methyl sites for hydroxylation is 1. The van der Waals surface area contributed by atoms with Crippen LogP contribution in [0.1, 0.15) is 6.92 Å². The van der Waals surface area contributed by atoms with Crippen LogP contribution in [0.5, 0.6) is 0 Å². The third-order valence-electron chi connectivity index (χ3n) is 4.66. The van der Waals surface area contributed by atoms with Crippen LogP contribution in [0.4, 0.5) is 10.1 Å². The Bertz CT molecular complexity index is 1250. The first-order chi connectivity index (χ1) is 15.4. The first-order valence-electron chi connectivity index (χ1n) is 9.86. The number of rotatable bonds is 7. The predicted molar refractivity (Wildman–Crippen MR) is 124 cm³/mol. The van der Waals surface area contributed by atoms with E-state index in [0.29, 0.717) is 33.9 Å². The molecule has 2 aromatic carbocycles. The van der Waals surface area contributed by atoms with Crippen LogP contribution in [0, 0.1) is 5.82 Å². The summed E-state index contributed by atoms with van der Waals surface area (Å²) in [6.45, 7) is 2.59. The average Bonchev–Trinajstić information content (AvgIpc) is 3.35. The van der Waals surface area contributed by atoms with E-state index in [1.165, 1.54) is 23.9 Å². The number of anilines is 1. The Morgan fingerprint density at radius 1 is 1.19 bits per heavy atom. The van der Waals surface area contributed by atoms with Gasteiger partial charge < -0.3 is 9.88 Å². The van der Waals surface area contributed by atoms with E-state index in [1.807, 2.05) is 24.7 Å². The van der Waals surface area contributed by atoms with Crippen molar-refractivity contribution in [3.63, 3.8) is 0 Å². The van der Waals surface area contributed by atoms with Gasteiger partial charge in [-0.25, -0.2) is 4.39 Å². The van der Waals surface area contributed by atoms with Crippen molar-refractivity contribution < 1.29 is 9.18 Å². The molecule has 4 aromatic rings. The first-order valence-corrected chi connectivity index (χ1v) is 11.2. The molecule has 10 heteroatoms. The van der Waals surface area contributed by atoms with Crippen LogP contribution in [0.3, 0.4) is 0 Å². The van der Waals surface area contributed by atoms with Crippen molar-refractivity contribution in [3.8, 4) is 22.6 Å². The van der Waals surface area contributed by atoms with Crippen LogP contribution in [0.15, 0.2) is 59.9 Å². The van der Waals surface area contributed by atoms with E-state index in [-0.39, 0.29) is 17.5 Å². The van der Waals surface area contributed by atoms with Gasteiger partial charge in [0.2, 0.25) is 5.91 Å². The van der Waals surface area contributed by atoms with Gasteiger partial charge in [0.1, 0.15) is 11.5 Å². The van der Waals surface area contributed by atoms with Crippen molar-refractivity contribution in [2.45, 2.75) is 18.6 Å². The van der Waals surface area contributed by atoms with Crippen LogP contribution in [-0.2, 0) is 18.4 Å². The molecule has 0 atom stereocenters. The number of nitrogens with one attached hydrogen (secondary N) is 1. The molecule has 1 N–H and O–H groups in total. The highest BCUT2D eigenvalue weighted by atomic mass is 35.5. The van der Waals surface area contributed by atoms with Crippen molar-refractivity contribution in [1.29, 1.82) is 0 Å². The van der Waals surface area contributed by atoms with Gasteiger partial charge >= 0.3 is 0 Å². The molecule has 4 rings (SSSR count). The minimum atomic E-state index is -0.308. The topological polar surface area (TPSA) is 77.6 Å². The number of thioether (sulfide) groups is 1. The molecule has 2 aromatic heterocycles. The Morgan fingerprint density at radius 3 is 2.69 bits per heavy atom. The van der Waals surface area contributed by atoms with Gasteiger partial charge in [0.15, 0.2) is 11.0 Å². The summed E-state index contributed by atoms with van der Waals surface area (Å²) in [4.78, 5) is 12.4. The fraction of sp³-hybridized carbons (Fsp3) is 0.182.